The van der Waals surface area contributed by atoms with E-state index in [2.05, 4.69) is 37.9 Å². The van der Waals surface area contributed by atoms with Gasteiger partial charge in [-0.3, -0.25) is 0 Å². The van der Waals surface area contributed by atoms with E-state index < -0.39 is 0 Å². The molecular weight excluding hydrogens is 277 g/mol. The molecule has 0 aromatic rings. The van der Waals surface area contributed by atoms with Crippen LogP contribution in [-0.4, -0.2) is 16.5 Å². The van der Waals surface area contributed by atoms with Crippen molar-refractivity contribution in [2.45, 2.75) is 65.2 Å². The molecule has 99 valence electrons. The Balaban J connectivity index is -0.000000845. The summed E-state index contributed by atoms with van der Waals surface area (Å²) < 4.78 is 2.49. The summed E-state index contributed by atoms with van der Waals surface area (Å²) >= 11 is 2.26. The minimum absolute atomic E-state index is 0. The molecular formula is C12H28Cl2NTi. The zero-order valence-corrected chi connectivity index (χ0v) is 14.0. The Bertz CT molecular complexity index is 103. The Hall–Kier alpha value is 1.25. The van der Waals surface area contributed by atoms with E-state index in [1.54, 1.807) is 0 Å². The second-order valence-corrected chi connectivity index (χ2v) is 5.10. The summed E-state index contributed by atoms with van der Waals surface area (Å²) in [6.45, 7) is 7.14. The van der Waals surface area contributed by atoms with E-state index in [0.717, 1.165) is 0 Å². The standard InChI is InChI=1S/C12H26N.2ClH.Ti/c1-3-5-7-9-11-13-12-10-8-6-4-2;;;/h3-12H2,1-2H3;2*1H;/q-1;;;+1. The smallest absolute Gasteiger partial charge is 0.147 e. The van der Waals surface area contributed by atoms with Crippen molar-refractivity contribution in [1.82, 2.24) is 3.38 Å². The van der Waals surface area contributed by atoms with Gasteiger partial charge in [-0.15, -0.1) is 24.8 Å². The Labute approximate surface area is 127 Å². The largest absolute Gasteiger partial charge is 0.147 e. The fourth-order valence-corrected chi connectivity index (χ4v) is 2.06. The summed E-state index contributed by atoms with van der Waals surface area (Å²) in [5, 5.41) is 0. The topological polar surface area (TPSA) is 3.24 Å². The van der Waals surface area contributed by atoms with Crippen LogP contribution in [0, 0.1) is 0 Å². The predicted molar refractivity (Wildman–Crippen MR) is 74.4 cm³/mol. The minimum atomic E-state index is 0. The normalized spacial score (nSPS) is 9.62. The molecule has 0 unspecified atom stereocenters. The Morgan fingerprint density at radius 2 is 1.06 bits per heavy atom. The molecule has 0 radical (unpaired) electrons. The number of hydrogen-bond donors (Lipinski definition) is 0. The molecule has 0 aromatic heterocycles. The van der Waals surface area contributed by atoms with Crippen LogP contribution in [0.5, 0.6) is 0 Å². The van der Waals surface area contributed by atoms with Gasteiger partial charge < -0.3 is 0 Å². The van der Waals surface area contributed by atoms with Crippen LogP contribution in [0.2, 0.25) is 0 Å². The Morgan fingerprint density at radius 3 is 1.38 bits per heavy atom. The molecule has 0 rings (SSSR count). The number of unbranched alkanes of at least 4 members (excludes halogenated alkanes) is 6. The SMILES string of the molecule is CCCCCC[N]([Ti])CCCCCC.Cl.Cl. The zero-order valence-electron chi connectivity index (χ0n) is 10.8. The first kappa shape index (κ1) is 22.4. The number of hydrogen-bond acceptors (Lipinski definition) is 1. The zero-order chi connectivity index (χ0) is 10.6. The van der Waals surface area contributed by atoms with Crippen LogP contribution < -0.4 is 0 Å². The molecule has 16 heavy (non-hydrogen) atoms. The molecule has 0 aliphatic heterocycles. The quantitative estimate of drug-likeness (QED) is 0.416. The van der Waals surface area contributed by atoms with Crippen LogP contribution >= 0.6 is 24.8 Å². The first-order valence-electron chi connectivity index (χ1n) is 6.27. The molecule has 0 fully saturated rings. The van der Waals surface area contributed by atoms with Gasteiger partial charge >= 0.3 is 102 Å². The average Bonchev–Trinajstić information content (AvgIpc) is 2.19. The van der Waals surface area contributed by atoms with E-state index >= 15 is 0 Å². The van der Waals surface area contributed by atoms with Gasteiger partial charge in [-0.25, -0.2) is 0 Å². The van der Waals surface area contributed by atoms with E-state index in [-0.39, 0.29) is 24.8 Å². The summed E-state index contributed by atoms with van der Waals surface area (Å²) in [5.74, 6) is 0. The molecule has 0 heterocycles. The fraction of sp³-hybridized carbons (Fsp3) is 1.00. The van der Waals surface area contributed by atoms with Gasteiger partial charge in [-0.2, -0.15) is 0 Å². The van der Waals surface area contributed by atoms with Crippen LogP contribution in [0.15, 0.2) is 0 Å². The van der Waals surface area contributed by atoms with Gasteiger partial charge in [-0.1, -0.05) is 0 Å². The van der Waals surface area contributed by atoms with Gasteiger partial charge in [0.25, 0.3) is 0 Å². The van der Waals surface area contributed by atoms with E-state index in [1.807, 2.05) is 0 Å². The van der Waals surface area contributed by atoms with Gasteiger partial charge in [0.15, 0.2) is 0 Å². The first-order valence-corrected chi connectivity index (χ1v) is 6.97. The Morgan fingerprint density at radius 1 is 0.688 bits per heavy atom. The molecule has 0 bridgehead atoms. The molecule has 4 heteroatoms. The van der Waals surface area contributed by atoms with Gasteiger partial charge in [-0.05, 0) is 0 Å². The van der Waals surface area contributed by atoms with Crippen LogP contribution in [0.25, 0.3) is 0 Å². The summed E-state index contributed by atoms with van der Waals surface area (Å²) in [6, 6.07) is 0. The first-order chi connectivity index (χ1) is 6.81. The molecule has 0 atom stereocenters. The van der Waals surface area contributed by atoms with Gasteiger partial charge in [0.2, 0.25) is 0 Å². The number of nitrogens with zero attached hydrogens (tertiary/aromatic N) is 1. The third-order valence-electron chi connectivity index (χ3n) is 2.56. The van der Waals surface area contributed by atoms with Crippen LogP contribution in [0.4, 0.5) is 0 Å². The third kappa shape index (κ3) is 17.6. The predicted octanol–water partition coefficient (Wildman–Crippen LogP) is 4.75. The maximum atomic E-state index is 2.49. The maximum absolute atomic E-state index is 2.49. The van der Waals surface area contributed by atoms with Crippen molar-refractivity contribution in [1.29, 1.82) is 0 Å². The minimum Gasteiger partial charge on any atom is -0.147 e. The van der Waals surface area contributed by atoms with Crippen LogP contribution in [0.1, 0.15) is 65.2 Å². The molecule has 0 saturated carbocycles. The van der Waals surface area contributed by atoms with Gasteiger partial charge in [0.1, 0.15) is 0 Å². The van der Waals surface area contributed by atoms with Crippen molar-refractivity contribution in [3.63, 3.8) is 0 Å². The third-order valence-corrected chi connectivity index (χ3v) is 3.26. The Kier molecular flexibility index (Phi) is 26.1. The molecule has 0 aromatic carbocycles. The number of halogens is 2. The van der Waals surface area contributed by atoms with E-state index in [9.17, 15) is 0 Å². The molecule has 0 aliphatic carbocycles. The van der Waals surface area contributed by atoms with Crippen LogP contribution in [0.3, 0.4) is 0 Å². The maximum Gasteiger partial charge on any atom is -0.147 e. The summed E-state index contributed by atoms with van der Waals surface area (Å²) in [6.07, 6.45) is 11.1. The molecule has 0 amide bonds. The summed E-state index contributed by atoms with van der Waals surface area (Å²) in [5.41, 5.74) is 0. The van der Waals surface area contributed by atoms with Crippen molar-refractivity contribution in [2.75, 3.05) is 13.1 Å². The van der Waals surface area contributed by atoms with Crippen molar-refractivity contribution in [3.05, 3.63) is 0 Å². The second kappa shape index (κ2) is 18.6. The summed E-state index contributed by atoms with van der Waals surface area (Å²) in [4.78, 5) is 0. The molecule has 0 saturated heterocycles. The van der Waals surface area contributed by atoms with Crippen molar-refractivity contribution >= 4 is 24.8 Å². The molecule has 0 spiro atoms. The number of rotatable bonds is 10. The van der Waals surface area contributed by atoms with Gasteiger partial charge in [0, 0.05) is 0 Å². The van der Waals surface area contributed by atoms with Crippen LogP contribution in [-0.2, 0) is 20.7 Å². The van der Waals surface area contributed by atoms with Crippen molar-refractivity contribution < 1.29 is 20.7 Å². The average molecular weight is 305 g/mol. The molecule has 1 nitrogen and oxygen atoms in total. The van der Waals surface area contributed by atoms with Gasteiger partial charge in [0.05, 0.1) is 0 Å². The molecule has 0 N–H and O–H groups in total. The monoisotopic (exact) mass is 304 g/mol. The fourth-order valence-electron chi connectivity index (χ4n) is 1.57. The summed E-state index contributed by atoms with van der Waals surface area (Å²) in [7, 11) is 0. The van der Waals surface area contributed by atoms with Crippen molar-refractivity contribution in [3.8, 4) is 0 Å². The van der Waals surface area contributed by atoms with E-state index in [0.29, 0.717) is 0 Å². The molecule has 0 aliphatic rings. The second-order valence-electron chi connectivity index (χ2n) is 4.11. The van der Waals surface area contributed by atoms with E-state index in [4.69, 9.17) is 0 Å². The van der Waals surface area contributed by atoms with E-state index in [1.165, 1.54) is 64.5 Å². The van der Waals surface area contributed by atoms with Crippen molar-refractivity contribution in [2.24, 2.45) is 0 Å².